The first-order valence-corrected chi connectivity index (χ1v) is 8.82. The summed E-state index contributed by atoms with van der Waals surface area (Å²) in [5.41, 5.74) is 2.24. The molecule has 1 fully saturated rings. The first kappa shape index (κ1) is 17.1. The van der Waals surface area contributed by atoms with E-state index in [2.05, 4.69) is 39.7 Å². The predicted molar refractivity (Wildman–Crippen MR) is 97.6 cm³/mol. The van der Waals surface area contributed by atoms with Gasteiger partial charge in [-0.05, 0) is 18.6 Å². The molecule has 128 valence electrons. The Bertz CT molecular complexity index is 678. The van der Waals surface area contributed by atoms with Crippen molar-refractivity contribution in [3.05, 3.63) is 46.6 Å². The first-order valence-electron chi connectivity index (χ1n) is 8.44. The summed E-state index contributed by atoms with van der Waals surface area (Å²) in [6.45, 7) is 11.2. The van der Waals surface area contributed by atoms with Crippen LogP contribution in [0, 0.1) is 6.92 Å². The molecule has 0 bridgehead atoms. The Balaban J connectivity index is 1.61. The standard InChI is InChI=1S/C18H24ClN5/c1-13(2)18-21-14(3)10-17(22-18)24-8-6-23(7-9-24)12-15-4-5-16(19)20-11-15/h4-5,10-11,13H,6-9,12H2,1-3H3. The minimum absolute atomic E-state index is 0.349. The molecule has 1 aliphatic rings. The van der Waals surface area contributed by atoms with Crippen LogP contribution >= 0.6 is 11.6 Å². The summed E-state index contributed by atoms with van der Waals surface area (Å²) in [5.74, 6) is 2.33. The van der Waals surface area contributed by atoms with Gasteiger partial charge >= 0.3 is 0 Å². The summed E-state index contributed by atoms with van der Waals surface area (Å²) in [4.78, 5) is 18.2. The molecular weight excluding hydrogens is 322 g/mol. The van der Waals surface area contributed by atoms with Crippen LogP contribution in [0.2, 0.25) is 5.15 Å². The molecule has 0 aromatic carbocycles. The second kappa shape index (κ2) is 7.45. The fourth-order valence-electron chi connectivity index (χ4n) is 2.89. The van der Waals surface area contributed by atoms with E-state index in [4.69, 9.17) is 16.6 Å². The van der Waals surface area contributed by atoms with E-state index in [9.17, 15) is 0 Å². The molecule has 2 aromatic rings. The normalized spacial score (nSPS) is 16.0. The lowest BCUT2D eigenvalue weighted by Crippen LogP contribution is -2.46. The lowest BCUT2D eigenvalue weighted by Gasteiger charge is -2.35. The van der Waals surface area contributed by atoms with Gasteiger partial charge in [0.2, 0.25) is 0 Å². The molecule has 0 atom stereocenters. The molecule has 1 saturated heterocycles. The number of halogens is 1. The molecule has 0 N–H and O–H groups in total. The van der Waals surface area contributed by atoms with Gasteiger partial charge in [0.05, 0.1) is 0 Å². The zero-order valence-corrected chi connectivity index (χ0v) is 15.3. The third-order valence-electron chi connectivity index (χ3n) is 4.27. The molecule has 5 nitrogen and oxygen atoms in total. The first-order chi connectivity index (χ1) is 11.5. The van der Waals surface area contributed by atoms with Gasteiger partial charge in [-0.1, -0.05) is 31.5 Å². The average molecular weight is 346 g/mol. The number of piperazine rings is 1. The van der Waals surface area contributed by atoms with Crippen LogP contribution in [0.1, 0.15) is 36.8 Å². The Morgan fingerprint density at radius 3 is 2.50 bits per heavy atom. The molecule has 0 amide bonds. The minimum Gasteiger partial charge on any atom is -0.354 e. The van der Waals surface area contributed by atoms with Gasteiger partial charge in [0.15, 0.2) is 0 Å². The molecule has 6 heteroatoms. The van der Waals surface area contributed by atoms with E-state index in [0.29, 0.717) is 11.1 Å². The van der Waals surface area contributed by atoms with E-state index in [-0.39, 0.29) is 0 Å². The summed E-state index contributed by atoms with van der Waals surface area (Å²) in [5, 5.41) is 0.545. The Labute approximate surface area is 148 Å². The maximum atomic E-state index is 5.85. The fourth-order valence-corrected chi connectivity index (χ4v) is 3.00. The molecular formula is C18H24ClN5. The molecule has 24 heavy (non-hydrogen) atoms. The van der Waals surface area contributed by atoms with E-state index in [1.807, 2.05) is 25.3 Å². The number of hydrogen-bond acceptors (Lipinski definition) is 5. The van der Waals surface area contributed by atoms with Crippen molar-refractivity contribution in [2.45, 2.75) is 33.2 Å². The molecule has 2 aromatic heterocycles. The smallest absolute Gasteiger partial charge is 0.133 e. The monoisotopic (exact) mass is 345 g/mol. The topological polar surface area (TPSA) is 45.2 Å². The number of nitrogens with zero attached hydrogens (tertiary/aromatic N) is 5. The van der Waals surface area contributed by atoms with Crippen LogP contribution in [0.3, 0.4) is 0 Å². The highest BCUT2D eigenvalue weighted by molar-refractivity contribution is 6.29. The highest BCUT2D eigenvalue weighted by Crippen LogP contribution is 2.19. The molecule has 0 saturated carbocycles. The Hall–Kier alpha value is -1.72. The van der Waals surface area contributed by atoms with Crippen LogP contribution in [0.15, 0.2) is 24.4 Å². The Morgan fingerprint density at radius 1 is 1.12 bits per heavy atom. The maximum Gasteiger partial charge on any atom is 0.133 e. The zero-order chi connectivity index (χ0) is 17.1. The molecule has 0 unspecified atom stereocenters. The Morgan fingerprint density at radius 2 is 1.88 bits per heavy atom. The molecule has 0 spiro atoms. The van der Waals surface area contributed by atoms with Crippen molar-refractivity contribution < 1.29 is 0 Å². The fraction of sp³-hybridized carbons (Fsp3) is 0.500. The van der Waals surface area contributed by atoms with Gasteiger partial charge in [-0.2, -0.15) is 0 Å². The van der Waals surface area contributed by atoms with Gasteiger partial charge in [-0.3, -0.25) is 4.90 Å². The van der Waals surface area contributed by atoms with Crippen molar-refractivity contribution in [1.29, 1.82) is 0 Å². The Kier molecular flexibility index (Phi) is 5.31. The molecule has 0 radical (unpaired) electrons. The third kappa shape index (κ3) is 4.22. The second-order valence-corrected chi connectivity index (χ2v) is 7.02. The van der Waals surface area contributed by atoms with Crippen molar-refractivity contribution in [3.63, 3.8) is 0 Å². The molecule has 1 aliphatic heterocycles. The summed E-state index contributed by atoms with van der Waals surface area (Å²) >= 11 is 5.85. The summed E-state index contributed by atoms with van der Waals surface area (Å²) in [7, 11) is 0. The molecule has 3 heterocycles. The van der Waals surface area contributed by atoms with Crippen LogP contribution in [0.4, 0.5) is 5.82 Å². The van der Waals surface area contributed by atoms with Crippen molar-refractivity contribution >= 4 is 17.4 Å². The van der Waals surface area contributed by atoms with E-state index in [0.717, 1.165) is 50.1 Å². The summed E-state index contributed by atoms with van der Waals surface area (Å²) in [6, 6.07) is 5.99. The predicted octanol–water partition coefficient (Wildman–Crippen LogP) is 3.28. The van der Waals surface area contributed by atoms with E-state index >= 15 is 0 Å². The SMILES string of the molecule is Cc1cc(N2CCN(Cc3ccc(Cl)nc3)CC2)nc(C(C)C)n1. The molecule has 3 rings (SSSR count). The lowest BCUT2D eigenvalue weighted by molar-refractivity contribution is 0.249. The van der Waals surface area contributed by atoms with Gasteiger partial charge in [0, 0.05) is 56.6 Å². The lowest BCUT2D eigenvalue weighted by atomic mass is 10.2. The highest BCUT2D eigenvalue weighted by atomic mass is 35.5. The number of hydrogen-bond donors (Lipinski definition) is 0. The largest absolute Gasteiger partial charge is 0.354 e. The number of rotatable bonds is 4. The van der Waals surface area contributed by atoms with E-state index < -0.39 is 0 Å². The van der Waals surface area contributed by atoms with E-state index in [1.54, 1.807) is 0 Å². The maximum absolute atomic E-state index is 5.85. The van der Waals surface area contributed by atoms with E-state index in [1.165, 1.54) is 5.56 Å². The minimum atomic E-state index is 0.349. The van der Waals surface area contributed by atoms with Gasteiger partial charge in [0.25, 0.3) is 0 Å². The van der Waals surface area contributed by atoms with Crippen molar-refractivity contribution in [2.75, 3.05) is 31.1 Å². The van der Waals surface area contributed by atoms with Crippen LogP contribution < -0.4 is 4.90 Å². The number of anilines is 1. The van der Waals surface area contributed by atoms with Gasteiger partial charge in [-0.15, -0.1) is 0 Å². The van der Waals surface area contributed by atoms with Crippen LogP contribution in [-0.2, 0) is 6.54 Å². The van der Waals surface area contributed by atoms with Crippen LogP contribution in [0.25, 0.3) is 0 Å². The second-order valence-electron chi connectivity index (χ2n) is 6.63. The average Bonchev–Trinajstić information content (AvgIpc) is 2.57. The summed E-state index contributed by atoms with van der Waals surface area (Å²) < 4.78 is 0. The number of aryl methyl sites for hydroxylation is 1. The third-order valence-corrected chi connectivity index (χ3v) is 4.49. The van der Waals surface area contributed by atoms with Gasteiger partial charge in [0.1, 0.15) is 16.8 Å². The van der Waals surface area contributed by atoms with Gasteiger partial charge in [-0.25, -0.2) is 15.0 Å². The van der Waals surface area contributed by atoms with Crippen LogP contribution in [0.5, 0.6) is 0 Å². The quantitative estimate of drug-likeness (QED) is 0.796. The van der Waals surface area contributed by atoms with Gasteiger partial charge < -0.3 is 4.90 Å². The summed E-state index contributed by atoms with van der Waals surface area (Å²) in [6.07, 6.45) is 1.86. The van der Waals surface area contributed by atoms with Crippen molar-refractivity contribution in [2.24, 2.45) is 0 Å². The number of aromatic nitrogens is 3. The number of pyridine rings is 1. The zero-order valence-electron chi connectivity index (χ0n) is 14.5. The van der Waals surface area contributed by atoms with Crippen LogP contribution in [-0.4, -0.2) is 46.0 Å². The van der Waals surface area contributed by atoms with Crippen molar-refractivity contribution in [1.82, 2.24) is 19.9 Å². The molecule has 0 aliphatic carbocycles. The highest BCUT2D eigenvalue weighted by Gasteiger charge is 2.19. The van der Waals surface area contributed by atoms with Crippen molar-refractivity contribution in [3.8, 4) is 0 Å².